The van der Waals surface area contributed by atoms with Crippen LogP contribution in [0.3, 0.4) is 0 Å². The lowest BCUT2D eigenvalue weighted by atomic mass is 10.0. The Hall–Kier alpha value is -1.93. The van der Waals surface area contributed by atoms with Crippen LogP contribution in [0.4, 0.5) is 0 Å². The van der Waals surface area contributed by atoms with Crippen LogP contribution in [0.5, 0.6) is 0 Å². The molecule has 2 nitrogen and oxygen atoms in total. The summed E-state index contributed by atoms with van der Waals surface area (Å²) in [6.07, 6.45) is 10.3. The normalized spacial score (nSPS) is 14.2. The topological polar surface area (TPSA) is 37.3 Å². The molecule has 1 atom stereocenters. The van der Waals surface area contributed by atoms with Crippen molar-refractivity contribution in [2.45, 2.75) is 26.4 Å². The molecule has 0 spiro atoms. The second kappa shape index (κ2) is 8.22. The van der Waals surface area contributed by atoms with E-state index in [-0.39, 0.29) is 0 Å². The number of allylic oxidation sites excluding steroid dienone is 6. The van der Waals surface area contributed by atoms with E-state index in [0.717, 1.165) is 23.8 Å². The quantitative estimate of drug-likeness (QED) is 0.480. The number of carbonyl (C=O) groups is 1. The summed E-state index contributed by atoms with van der Waals surface area (Å²) < 4.78 is 0. The second-order valence-electron chi connectivity index (χ2n) is 4.36. The predicted octanol–water partition coefficient (Wildman–Crippen LogP) is 3.54. The van der Waals surface area contributed by atoms with Crippen LogP contribution in [0.2, 0.25) is 0 Å². The zero-order valence-electron chi connectivity index (χ0n) is 11.4. The molecular weight excluding hydrogens is 236 g/mol. The summed E-state index contributed by atoms with van der Waals surface area (Å²) in [5.41, 5.74) is 3.22. The lowest BCUT2D eigenvalue weighted by Gasteiger charge is -2.07. The molecule has 2 heteroatoms. The fourth-order valence-electron chi connectivity index (χ4n) is 1.76. The minimum absolute atomic E-state index is 0.435. The number of benzene rings is 1. The lowest BCUT2D eigenvalue weighted by molar-refractivity contribution is -0.104. The number of aldehydes is 1. The van der Waals surface area contributed by atoms with Crippen LogP contribution in [0.1, 0.15) is 31.1 Å². The van der Waals surface area contributed by atoms with Crippen molar-refractivity contribution >= 4 is 6.29 Å². The Balaban J connectivity index is 2.81. The monoisotopic (exact) mass is 256 g/mol. The highest BCUT2D eigenvalue weighted by molar-refractivity contribution is 5.65. The number of aliphatic hydroxyl groups is 1. The van der Waals surface area contributed by atoms with Crippen molar-refractivity contribution in [1.29, 1.82) is 0 Å². The van der Waals surface area contributed by atoms with Gasteiger partial charge >= 0.3 is 0 Å². The highest BCUT2D eigenvalue weighted by Crippen LogP contribution is 2.15. The van der Waals surface area contributed by atoms with Crippen molar-refractivity contribution in [3.63, 3.8) is 0 Å². The summed E-state index contributed by atoms with van der Waals surface area (Å²) in [6, 6.07) is 7.91. The molecule has 0 aliphatic carbocycles. The van der Waals surface area contributed by atoms with E-state index < -0.39 is 6.10 Å². The van der Waals surface area contributed by atoms with Crippen molar-refractivity contribution in [2.24, 2.45) is 0 Å². The Labute approximate surface area is 114 Å². The first-order chi connectivity index (χ1) is 9.17. The Morgan fingerprint density at radius 2 is 1.95 bits per heavy atom. The van der Waals surface area contributed by atoms with E-state index in [9.17, 15) is 9.90 Å². The molecule has 0 aromatic heterocycles. The molecule has 19 heavy (non-hydrogen) atoms. The van der Waals surface area contributed by atoms with Gasteiger partial charge in [0.05, 0.1) is 6.10 Å². The van der Waals surface area contributed by atoms with Crippen molar-refractivity contribution < 1.29 is 9.90 Å². The lowest BCUT2D eigenvalue weighted by Crippen LogP contribution is -1.93. The zero-order chi connectivity index (χ0) is 14.1. The molecule has 0 amide bonds. The molecule has 0 fully saturated rings. The smallest absolute Gasteiger partial charge is 0.142 e. The van der Waals surface area contributed by atoms with Crippen molar-refractivity contribution in [3.8, 4) is 0 Å². The summed E-state index contributed by atoms with van der Waals surface area (Å²) in [5, 5.41) is 9.46. The molecular formula is C17H20O2. The van der Waals surface area contributed by atoms with Crippen LogP contribution in [0, 0.1) is 0 Å². The van der Waals surface area contributed by atoms with E-state index in [1.807, 2.05) is 49.4 Å². The molecule has 0 bridgehead atoms. The number of rotatable bonds is 6. The van der Waals surface area contributed by atoms with Gasteiger partial charge in [0.2, 0.25) is 0 Å². The molecule has 0 saturated heterocycles. The molecule has 1 rings (SSSR count). The van der Waals surface area contributed by atoms with Gasteiger partial charge in [-0.05, 0) is 43.0 Å². The molecule has 1 aromatic rings. The molecule has 0 saturated carbocycles. The fraction of sp³-hybridized carbons (Fsp3) is 0.235. The zero-order valence-corrected chi connectivity index (χ0v) is 11.4. The van der Waals surface area contributed by atoms with Crippen LogP contribution in [0.25, 0.3) is 0 Å². The Morgan fingerprint density at radius 3 is 2.47 bits per heavy atom. The van der Waals surface area contributed by atoms with Gasteiger partial charge < -0.3 is 5.11 Å². The summed E-state index contributed by atoms with van der Waals surface area (Å²) in [5.74, 6) is 0. The standard InChI is InChI=1S/C17H20O2/c1-3-6-15(7-4-5-12-18)13-16-8-10-17(11-9-16)14(2)19/h3-12,14,19H,13H2,1-2H3/b5-4+,6-3-,15-7+. The maximum atomic E-state index is 10.2. The van der Waals surface area contributed by atoms with Crippen molar-refractivity contribution in [1.82, 2.24) is 0 Å². The van der Waals surface area contributed by atoms with Gasteiger partial charge in [-0.25, -0.2) is 0 Å². The molecule has 0 radical (unpaired) electrons. The third-order valence-electron chi connectivity index (χ3n) is 2.75. The summed E-state index contributed by atoms with van der Waals surface area (Å²) in [4.78, 5) is 10.2. The first-order valence-electron chi connectivity index (χ1n) is 6.38. The second-order valence-corrected chi connectivity index (χ2v) is 4.36. The van der Waals surface area contributed by atoms with Gasteiger partial charge in [-0.3, -0.25) is 4.79 Å². The predicted molar refractivity (Wildman–Crippen MR) is 78.9 cm³/mol. The van der Waals surface area contributed by atoms with E-state index in [2.05, 4.69) is 0 Å². The summed E-state index contributed by atoms with van der Waals surface area (Å²) in [6.45, 7) is 3.72. The van der Waals surface area contributed by atoms with Crippen LogP contribution in [-0.2, 0) is 11.2 Å². The average molecular weight is 256 g/mol. The van der Waals surface area contributed by atoms with E-state index in [1.165, 1.54) is 11.6 Å². The van der Waals surface area contributed by atoms with Crippen molar-refractivity contribution in [3.05, 3.63) is 71.3 Å². The number of carbonyl (C=O) groups excluding carboxylic acids is 1. The summed E-state index contributed by atoms with van der Waals surface area (Å²) >= 11 is 0. The molecule has 1 N–H and O–H groups in total. The fourth-order valence-corrected chi connectivity index (χ4v) is 1.76. The van der Waals surface area contributed by atoms with Gasteiger partial charge in [-0.2, -0.15) is 0 Å². The minimum atomic E-state index is -0.435. The third kappa shape index (κ3) is 5.49. The highest BCUT2D eigenvalue weighted by atomic mass is 16.3. The van der Waals surface area contributed by atoms with E-state index in [1.54, 1.807) is 13.0 Å². The molecule has 1 aromatic carbocycles. The van der Waals surface area contributed by atoms with Crippen LogP contribution < -0.4 is 0 Å². The average Bonchev–Trinajstić information content (AvgIpc) is 2.40. The van der Waals surface area contributed by atoms with Crippen LogP contribution in [-0.4, -0.2) is 11.4 Å². The van der Waals surface area contributed by atoms with Crippen LogP contribution in [0.15, 0.2) is 60.2 Å². The van der Waals surface area contributed by atoms with Gasteiger partial charge in [0.1, 0.15) is 6.29 Å². The number of hydrogen-bond acceptors (Lipinski definition) is 2. The number of aliphatic hydroxyl groups excluding tert-OH is 1. The van der Waals surface area contributed by atoms with Crippen molar-refractivity contribution in [2.75, 3.05) is 0 Å². The highest BCUT2D eigenvalue weighted by Gasteiger charge is 2.01. The van der Waals surface area contributed by atoms with E-state index in [0.29, 0.717) is 0 Å². The molecule has 0 aliphatic heterocycles. The maximum Gasteiger partial charge on any atom is 0.142 e. The van der Waals surface area contributed by atoms with Crippen LogP contribution >= 0.6 is 0 Å². The molecule has 0 aliphatic rings. The van der Waals surface area contributed by atoms with E-state index >= 15 is 0 Å². The van der Waals surface area contributed by atoms with Gasteiger partial charge in [0.15, 0.2) is 0 Å². The number of hydrogen-bond donors (Lipinski definition) is 1. The maximum absolute atomic E-state index is 10.2. The third-order valence-corrected chi connectivity index (χ3v) is 2.75. The van der Waals surface area contributed by atoms with Gasteiger partial charge in [0, 0.05) is 0 Å². The molecule has 0 heterocycles. The first-order valence-corrected chi connectivity index (χ1v) is 6.38. The van der Waals surface area contributed by atoms with Gasteiger partial charge in [-0.1, -0.05) is 48.6 Å². The Bertz CT molecular complexity index is 476. The SMILES string of the molecule is C\C=C/C(=C\C=C\C=O)Cc1ccc(C(C)O)cc1. The van der Waals surface area contributed by atoms with E-state index in [4.69, 9.17) is 0 Å². The first kappa shape index (κ1) is 15.1. The Kier molecular flexibility index (Phi) is 6.55. The minimum Gasteiger partial charge on any atom is -0.389 e. The van der Waals surface area contributed by atoms with Gasteiger partial charge in [-0.15, -0.1) is 0 Å². The molecule has 1 unspecified atom stereocenters. The summed E-state index contributed by atoms with van der Waals surface area (Å²) in [7, 11) is 0. The molecule has 100 valence electrons. The largest absolute Gasteiger partial charge is 0.389 e. The van der Waals surface area contributed by atoms with Gasteiger partial charge in [0.25, 0.3) is 0 Å². The Morgan fingerprint density at radius 1 is 1.26 bits per heavy atom.